The van der Waals surface area contributed by atoms with Crippen molar-refractivity contribution in [3.63, 3.8) is 0 Å². The highest BCUT2D eigenvalue weighted by atomic mass is 35.5. The lowest BCUT2D eigenvalue weighted by Gasteiger charge is -2.12. The molecule has 1 heterocycles. The smallest absolute Gasteiger partial charge is 0.119 e. The predicted octanol–water partition coefficient (Wildman–Crippen LogP) is 5.80. The van der Waals surface area contributed by atoms with Gasteiger partial charge in [0.25, 0.3) is 0 Å². The van der Waals surface area contributed by atoms with Crippen LogP contribution in [0.2, 0.25) is 0 Å². The standard InChI is InChI=1S/C18H17ClOS/c1-3-12-8-9-21-18(12)17(19)15-5-4-14-11-16(20-2)7-6-13(14)10-15/h4-11,17H,3H2,1-2H3. The number of alkyl halides is 1. The Morgan fingerprint density at radius 3 is 2.62 bits per heavy atom. The van der Waals surface area contributed by atoms with Crippen molar-refractivity contribution >= 4 is 33.7 Å². The number of benzene rings is 2. The lowest BCUT2D eigenvalue weighted by molar-refractivity contribution is 0.415. The first-order chi connectivity index (χ1) is 10.2. The number of rotatable bonds is 4. The molecule has 1 aromatic heterocycles. The maximum absolute atomic E-state index is 6.70. The Morgan fingerprint density at radius 1 is 1.10 bits per heavy atom. The van der Waals surface area contributed by atoms with Crippen LogP contribution in [0.15, 0.2) is 47.8 Å². The molecule has 1 nitrogen and oxygen atoms in total. The zero-order valence-corrected chi connectivity index (χ0v) is 13.7. The summed E-state index contributed by atoms with van der Waals surface area (Å²) in [6, 6.07) is 14.7. The Labute approximate surface area is 134 Å². The molecule has 3 rings (SSSR count). The van der Waals surface area contributed by atoms with Gasteiger partial charge < -0.3 is 4.74 Å². The van der Waals surface area contributed by atoms with Crippen molar-refractivity contribution in [2.75, 3.05) is 7.11 Å². The summed E-state index contributed by atoms with van der Waals surface area (Å²) < 4.78 is 5.26. The lowest BCUT2D eigenvalue weighted by Crippen LogP contribution is -1.94. The van der Waals surface area contributed by atoms with Crippen molar-refractivity contribution in [3.8, 4) is 5.75 Å². The third-order valence-corrected chi connectivity index (χ3v) is 5.38. The summed E-state index contributed by atoms with van der Waals surface area (Å²) in [5.74, 6) is 0.879. The Morgan fingerprint density at radius 2 is 1.86 bits per heavy atom. The topological polar surface area (TPSA) is 9.23 Å². The summed E-state index contributed by atoms with van der Waals surface area (Å²) in [6.45, 7) is 2.17. The molecule has 0 saturated carbocycles. The van der Waals surface area contributed by atoms with Crippen LogP contribution in [0.25, 0.3) is 10.8 Å². The molecule has 0 radical (unpaired) electrons. The van der Waals surface area contributed by atoms with Crippen molar-refractivity contribution < 1.29 is 4.74 Å². The fourth-order valence-electron chi connectivity index (χ4n) is 2.54. The van der Waals surface area contributed by atoms with E-state index in [0.29, 0.717) is 0 Å². The number of methoxy groups -OCH3 is 1. The third kappa shape index (κ3) is 2.78. The van der Waals surface area contributed by atoms with Gasteiger partial charge in [0.2, 0.25) is 0 Å². The van der Waals surface area contributed by atoms with Crippen molar-refractivity contribution in [1.82, 2.24) is 0 Å². The molecule has 1 unspecified atom stereocenters. The zero-order valence-electron chi connectivity index (χ0n) is 12.1. The van der Waals surface area contributed by atoms with Crippen molar-refractivity contribution in [2.45, 2.75) is 18.7 Å². The largest absolute Gasteiger partial charge is 0.497 e. The highest BCUT2D eigenvalue weighted by Crippen LogP contribution is 2.36. The molecule has 1 atom stereocenters. The highest BCUT2D eigenvalue weighted by molar-refractivity contribution is 7.10. The van der Waals surface area contributed by atoms with Crippen molar-refractivity contribution in [2.24, 2.45) is 0 Å². The average Bonchev–Trinajstić information content (AvgIpc) is 3.01. The molecule has 0 fully saturated rings. The predicted molar refractivity (Wildman–Crippen MR) is 91.9 cm³/mol. The maximum Gasteiger partial charge on any atom is 0.119 e. The average molecular weight is 317 g/mol. The van der Waals surface area contributed by atoms with Crippen molar-refractivity contribution in [1.29, 1.82) is 0 Å². The second kappa shape index (κ2) is 6.08. The molecule has 0 aliphatic rings. The highest BCUT2D eigenvalue weighted by Gasteiger charge is 2.16. The number of halogens is 1. The van der Waals surface area contributed by atoms with Gasteiger partial charge in [-0.15, -0.1) is 22.9 Å². The van der Waals surface area contributed by atoms with E-state index in [2.05, 4.69) is 42.6 Å². The SMILES string of the molecule is CCc1ccsc1C(Cl)c1ccc2cc(OC)ccc2c1. The Bertz CT molecular complexity index is 763. The molecule has 0 aliphatic heterocycles. The van der Waals surface area contributed by atoms with E-state index in [1.807, 2.05) is 12.1 Å². The first-order valence-corrected chi connectivity index (χ1v) is 8.32. The van der Waals surface area contributed by atoms with Crippen LogP contribution in [-0.2, 0) is 6.42 Å². The molecule has 108 valence electrons. The number of hydrogen-bond acceptors (Lipinski definition) is 2. The van der Waals surface area contributed by atoms with Gasteiger partial charge in [-0.1, -0.05) is 25.1 Å². The van der Waals surface area contributed by atoms with E-state index >= 15 is 0 Å². The minimum Gasteiger partial charge on any atom is -0.497 e. The molecule has 3 aromatic rings. The van der Waals surface area contributed by atoms with Gasteiger partial charge in [-0.05, 0) is 58.0 Å². The number of ether oxygens (including phenoxy) is 1. The summed E-state index contributed by atoms with van der Waals surface area (Å²) >= 11 is 8.44. The number of hydrogen-bond donors (Lipinski definition) is 0. The van der Waals surface area contributed by atoms with Crippen molar-refractivity contribution in [3.05, 3.63) is 63.8 Å². The van der Waals surface area contributed by atoms with Crippen LogP contribution in [0.1, 0.15) is 28.3 Å². The quantitative estimate of drug-likeness (QED) is 0.553. The molecule has 0 spiro atoms. The molecular formula is C18H17ClOS. The van der Waals surface area contributed by atoms with E-state index in [0.717, 1.165) is 17.7 Å². The fourth-order valence-corrected chi connectivity index (χ4v) is 3.97. The summed E-state index contributed by atoms with van der Waals surface area (Å²) in [5.41, 5.74) is 2.49. The zero-order chi connectivity index (χ0) is 14.8. The molecule has 2 aromatic carbocycles. The molecule has 21 heavy (non-hydrogen) atoms. The van der Waals surface area contributed by atoms with E-state index < -0.39 is 0 Å². The van der Waals surface area contributed by atoms with Gasteiger partial charge in [-0.25, -0.2) is 0 Å². The monoisotopic (exact) mass is 316 g/mol. The van der Waals surface area contributed by atoms with Gasteiger partial charge >= 0.3 is 0 Å². The normalized spacial score (nSPS) is 12.5. The van der Waals surface area contributed by atoms with Gasteiger partial charge in [0, 0.05) is 4.88 Å². The van der Waals surface area contributed by atoms with Crippen LogP contribution >= 0.6 is 22.9 Å². The number of aryl methyl sites for hydroxylation is 1. The van der Waals surface area contributed by atoms with Gasteiger partial charge in [0.05, 0.1) is 12.5 Å². The van der Waals surface area contributed by atoms with E-state index in [9.17, 15) is 0 Å². The lowest BCUT2D eigenvalue weighted by atomic mass is 10.0. The van der Waals surface area contributed by atoms with Gasteiger partial charge in [-0.3, -0.25) is 0 Å². The second-order valence-electron chi connectivity index (χ2n) is 5.00. The summed E-state index contributed by atoms with van der Waals surface area (Å²) in [7, 11) is 1.69. The summed E-state index contributed by atoms with van der Waals surface area (Å²) in [4.78, 5) is 1.26. The molecular weight excluding hydrogens is 300 g/mol. The van der Waals surface area contributed by atoms with Crippen LogP contribution in [0.4, 0.5) is 0 Å². The minimum absolute atomic E-state index is 0.0774. The maximum atomic E-state index is 6.70. The minimum atomic E-state index is -0.0774. The Hall–Kier alpha value is -1.51. The molecule has 0 bridgehead atoms. The first-order valence-electron chi connectivity index (χ1n) is 7.01. The van der Waals surface area contributed by atoms with E-state index in [1.165, 1.54) is 21.2 Å². The van der Waals surface area contributed by atoms with Crippen LogP contribution in [0, 0.1) is 0 Å². The second-order valence-corrected chi connectivity index (χ2v) is 6.38. The fraction of sp³-hybridized carbons (Fsp3) is 0.222. The molecule has 0 N–H and O–H groups in total. The van der Waals surface area contributed by atoms with Gasteiger partial charge in [0.15, 0.2) is 0 Å². The molecule has 0 amide bonds. The number of thiophene rings is 1. The Kier molecular flexibility index (Phi) is 4.18. The first kappa shape index (κ1) is 14.4. The van der Waals surface area contributed by atoms with Crippen LogP contribution in [0.5, 0.6) is 5.75 Å². The van der Waals surface area contributed by atoms with E-state index in [-0.39, 0.29) is 5.38 Å². The molecule has 0 aliphatic carbocycles. The van der Waals surface area contributed by atoms with E-state index in [1.54, 1.807) is 18.4 Å². The summed E-state index contributed by atoms with van der Waals surface area (Å²) in [6.07, 6.45) is 1.02. The van der Waals surface area contributed by atoms with Crippen LogP contribution < -0.4 is 4.74 Å². The van der Waals surface area contributed by atoms with Gasteiger partial charge in [-0.2, -0.15) is 0 Å². The third-order valence-electron chi connectivity index (χ3n) is 3.76. The Balaban J connectivity index is 2.01. The van der Waals surface area contributed by atoms with Crippen LogP contribution in [0.3, 0.4) is 0 Å². The molecule has 3 heteroatoms. The summed E-state index contributed by atoms with van der Waals surface area (Å²) in [5, 5.41) is 4.40. The van der Waals surface area contributed by atoms with Crippen LogP contribution in [-0.4, -0.2) is 7.11 Å². The van der Waals surface area contributed by atoms with E-state index in [4.69, 9.17) is 16.3 Å². The number of fused-ring (bicyclic) bond motifs is 1. The van der Waals surface area contributed by atoms with Gasteiger partial charge in [0.1, 0.15) is 5.75 Å². The molecule has 0 saturated heterocycles.